The van der Waals surface area contributed by atoms with Crippen molar-refractivity contribution in [3.8, 4) is 0 Å². The Kier molecular flexibility index (Phi) is 7.59. The van der Waals surface area contributed by atoms with Crippen molar-refractivity contribution in [1.82, 2.24) is 8.61 Å². The molecule has 2 aromatic carbocycles. The molecule has 2 aromatic rings. The highest BCUT2D eigenvalue weighted by Crippen LogP contribution is 2.19. The smallest absolute Gasteiger partial charge is 0.263 e. The fourth-order valence-corrected chi connectivity index (χ4v) is 5.44. The highest BCUT2D eigenvalue weighted by molar-refractivity contribution is 7.89. The quantitative estimate of drug-likeness (QED) is 0.613. The summed E-state index contributed by atoms with van der Waals surface area (Å²) in [6.07, 6.45) is 1.19. The molecule has 0 aliphatic heterocycles. The molecule has 0 aliphatic rings. The predicted octanol–water partition coefficient (Wildman–Crippen LogP) is 2.09. The minimum Gasteiger partial charge on any atom is -0.329 e. The van der Waals surface area contributed by atoms with Gasteiger partial charge in [-0.05, 0) is 38.1 Å². The summed E-state index contributed by atoms with van der Waals surface area (Å²) in [6, 6.07) is 12.9. The van der Waals surface area contributed by atoms with Crippen LogP contribution in [0.4, 0.5) is 0 Å². The minimum atomic E-state index is -3.83. The lowest BCUT2D eigenvalue weighted by molar-refractivity contribution is 0.385. The Morgan fingerprint density at radius 2 is 1.24 bits per heavy atom. The Balaban J connectivity index is 2.24. The van der Waals surface area contributed by atoms with Gasteiger partial charge in [0.1, 0.15) is 0 Å². The third-order valence-electron chi connectivity index (χ3n) is 4.44. The monoisotopic (exact) mass is 437 g/mol. The highest BCUT2D eigenvalue weighted by Gasteiger charge is 2.27. The summed E-state index contributed by atoms with van der Waals surface area (Å²) in [6.45, 7) is 7.37. The molecule has 0 fully saturated rings. The zero-order valence-corrected chi connectivity index (χ0v) is 18.3. The van der Waals surface area contributed by atoms with Gasteiger partial charge in [0.25, 0.3) is 10.0 Å². The molecule has 0 amide bonds. The maximum atomic E-state index is 13.0. The van der Waals surface area contributed by atoms with E-state index in [1.165, 1.54) is 34.8 Å². The molecule has 0 saturated carbocycles. The number of sulfonamides is 2. The number of aryl methyl sites for hydroxylation is 2. The van der Waals surface area contributed by atoms with Crippen LogP contribution in [0.15, 0.2) is 71.1 Å². The summed E-state index contributed by atoms with van der Waals surface area (Å²) in [5, 5.41) is 0. The molecule has 0 aromatic heterocycles. The Bertz CT molecular complexity index is 1030. The number of nitrogens with two attached hydrogens (primary N) is 1. The molecule has 0 heterocycles. The summed E-state index contributed by atoms with van der Waals surface area (Å²) in [5.74, 6) is 0. The van der Waals surface area contributed by atoms with Crippen LogP contribution in [0, 0.1) is 13.8 Å². The Labute approximate surface area is 173 Å². The topological polar surface area (TPSA) is 101 Å². The molecule has 0 unspecified atom stereocenters. The SMILES string of the molecule is C=CN(CCN(CCN)S(=O)(=O)c1ccc(C)cc1)S(=O)(=O)c1ccc(C)cc1. The molecule has 2 rings (SSSR count). The number of benzene rings is 2. The van der Waals surface area contributed by atoms with E-state index in [2.05, 4.69) is 6.58 Å². The van der Waals surface area contributed by atoms with Crippen molar-refractivity contribution < 1.29 is 16.8 Å². The largest absolute Gasteiger partial charge is 0.329 e. The molecule has 0 bridgehead atoms. The van der Waals surface area contributed by atoms with E-state index in [0.29, 0.717) is 0 Å². The van der Waals surface area contributed by atoms with E-state index < -0.39 is 20.0 Å². The van der Waals surface area contributed by atoms with E-state index in [-0.39, 0.29) is 36.0 Å². The van der Waals surface area contributed by atoms with E-state index in [9.17, 15) is 16.8 Å². The van der Waals surface area contributed by atoms with Gasteiger partial charge in [0.15, 0.2) is 0 Å². The van der Waals surface area contributed by atoms with Crippen LogP contribution in [0.2, 0.25) is 0 Å². The average molecular weight is 438 g/mol. The Morgan fingerprint density at radius 1 is 0.793 bits per heavy atom. The second-order valence-electron chi connectivity index (χ2n) is 6.62. The lowest BCUT2D eigenvalue weighted by Crippen LogP contribution is -2.41. The lowest BCUT2D eigenvalue weighted by atomic mass is 10.2. The second kappa shape index (κ2) is 9.53. The van der Waals surface area contributed by atoms with E-state index >= 15 is 0 Å². The summed E-state index contributed by atoms with van der Waals surface area (Å²) in [7, 11) is -7.63. The fourth-order valence-electron chi connectivity index (χ4n) is 2.72. The lowest BCUT2D eigenvalue weighted by Gasteiger charge is -2.26. The van der Waals surface area contributed by atoms with Crippen molar-refractivity contribution in [1.29, 1.82) is 0 Å². The molecule has 0 aliphatic carbocycles. The van der Waals surface area contributed by atoms with Crippen molar-refractivity contribution >= 4 is 20.0 Å². The van der Waals surface area contributed by atoms with Crippen LogP contribution in [0.3, 0.4) is 0 Å². The summed E-state index contributed by atoms with van der Waals surface area (Å²) >= 11 is 0. The fraction of sp³-hybridized carbons (Fsp3) is 0.300. The maximum Gasteiger partial charge on any atom is 0.263 e. The predicted molar refractivity (Wildman–Crippen MR) is 114 cm³/mol. The zero-order valence-electron chi connectivity index (χ0n) is 16.7. The molecular weight excluding hydrogens is 410 g/mol. The first-order valence-electron chi connectivity index (χ1n) is 9.11. The number of hydrogen-bond acceptors (Lipinski definition) is 5. The van der Waals surface area contributed by atoms with Gasteiger partial charge in [-0.2, -0.15) is 4.31 Å². The van der Waals surface area contributed by atoms with Crippen LogP contribution in [0.1, 0.15) is 11.1 Å². The molecule has 9 heteroatoms. The second-order valence-corrected chi connectivity index (χ2v) is 10.4. The van der Waals surface area contributed by atoms with Gasteiger partial charge in [-0.25, -0.2) is 16.8 Å². The maximum absolute atomic E-state index is 13.0. The molecule has 0 radical (unpaired) electrons. The van der Waals surface area contributed by atoms with Gasteiger partial charge in [0.2, 0.25) is 10.0 Å². The van der Waals surface area contributed by atoms with Gasteiger partial charge in [-0.15, -0.1) is 0 Å². The van der Waals surface area contributed by atoms with Crippen molar-refractivity contribution in [3.63, 3.8) is 0 Å². The van der Waals surface area contributed by atoms with E-state index in [1.807, 2.05) is 13.8 Å². The van der Waals surface area contributed by atoms with Crippen LogP contribution in [0.5, 0.6) is 0 Å². The third-order valence-corrected chi connectivity index (χ3v) is 8.17. The first-order chi connectivity index (χ1) is 13.6. The summed E-state index contributed by atoms with van der Waals surface area (Å²) in [5.41, 5.74) is 7.48. The van der Waals surface area contributed by atoms with Crippen molar-refractivity contribution in [3.05, 3.63) is 72.4 Å². The first-order valence-corrected chi connectivity index (χ1v) is 12.0. The molecule has 7 nitrogen and oxygen atoms in total. The molecule has 158 valence electrons. The first kappa shape index (κ1) is 23.1. The molecule has 0 saturated heterocycles. The summed E-state index contributed by atoms with van der Waals surface area (Å²) < 4.78 is 53.9. The number of hydrogen-bond donors (Lipinski definition) is 1. The van der Waals surface area contributed by atoms with Crippen LogP contribution in [-0.2, 0) is 20.0 Å². The average Bonchev–Trinajstić information content (AvgIpc) is 2.68. The van der Waals surface area contributed by atoms with Crippen LogP contribution < -0.4 is 5.73 Å². The Hall–Kier alpha value is -2.20. The van der Waals surface area contributed by atoms with Crippen molar-refractivity contribution in [2.24, 2.45) is 5.73 Å². The van der Waals surface area contributed by atoms with Crippen LogP contribution in [-0.4, -0.2) is 51.6 Å². The number of nitrogens with zero attached hydrogens (tertiary/aromatic N) is 2. The number of rotatable bonds is 10. The van der Waals surface area contributed by atoms with Gasteiger partial charge in [-0.1, -0.05) is 42.0 Å². The van der Waals surface area contributed by atoms with E-state index in [1.54, 1.807) is 24.3 Å². The van der Waals surface area contributed by atoms with Gasteiger partial charge >= 0.3 is 0 Å². The zero-order chi connectivity index (χ0) is 21.7. The molecule has 29 heavy (non-hydrogen) atoms. The van der Waals surface area contributed by atoms with E-state index in [0.717, 1.165) is 15.4 Å². The van der Waals surface area contributed by atoms with Gasteiger partial charge in [-0.3, -0.25) is 4.31 Å². The van der Waals surface area contributed by atoms with Crippen molar-refractivity contribution in [2.75, 3.05) is 26.2 Å². The molecule has 2 N–H and O–H groups in total. The third kappa shape index (κ3) is 5.45. The standard InChI is InChI=1S/C20H27N3O4S2/c1-4-22(28(24,25)19-9-5-17(2)6-10-19)15-16-23(14-13-21)29(26,27)20-11-7-18(3)8-12-20/h4-12H,1,13-16,21H2,2-3H3. The molecule has 0 atom stereocenters. The molecule has 0 spiro atoms. The normalized spacial score (nSPS) is 12.1. The van der Waals surface area contributed by atoms with Gasteiger partial charge < -0.3 is 5.73 Å². The Morgan fingerprint density at radius 3 is 1.66 bits per heavy atom. The minimum absolute atomic E-state index is 0.0511. The highest BCUT2D eigenvalue weighted by atomic mass is 32.2. The van der Waals surface area contributed by atoms with Crippen LogP contribution in [0.25, 0.3) is 0 Å². The van der Waals surface area contributed by atoms with Crippen molar-refractivity contribution in [2.45, 2.75) is 23.6 Å². The van der Waals surface area contributed by atoms with E-state index in [4.69, 9.17) is 5.73 Å². The van der Waals surface area contributed by atoms with Gasteiger partial charge in [0, 0.05) is 32.4 Å². The van der Waals surface area contributed by atoms with Gasteiger partial charge in [0.05, 0.1) is 9.79 Å². The molecular formula is C20H27N3O4S2. The van der Waals surface area contributed by atoms with Crippen LogP contribution >= 0.6 is 0 Å². The summed E-state index contributed by atoms with van der Waals surface area (Å²) in [4.78, 5) is 0.262.